The molecule has 0 aromatic heterocycles. The number of cyclic esters (lactones) is 1. The molecule has 1 aliphatic rings. The van der Waals surface area contributed by atoms with Crippen molar-refractivity contribution in [2.24, 2.45) is 4.99 Å². The number of benzene rings is 3. The number of esters is 1. The zero-order valence-electron chi connectivity index (χ0n) is 17.6. The third-order valence-electron chi connectivity index (χ3n) is 4.75. The average Bonchev–Trinajstić information content (AvgIpc) is 3.16. The molecule has 0 amide bonds. The number of carbonyl (C=O) groups excluding carboxylic acids is 1. The number of aliphatic imine (C=N–C) groups is 1. The van der Waals surface area contributed by atoms with Gasteiger partial charge in [0, 0.05) is 12.0 Å². The van der Waals surface area contributed by atoms with Crippen molar-refractivity contribution in [1.82, 2.24) is 0 Å². The number of ether oxygens (including phenoxy) is 3. The second-order valence-electron chi connectivity index (χ2n) is 7.07. The zero-order valence-corrected chi connectivity index (χ0v) is 17.6. The maximum Gasteiger partial charge on any atom is 0.363 e. The first kappa shape index (κ1) is 21.3. The molecule has 0 saturated heterocycles. The van der Waals surface area contributed by atoms with E-state index in [0.717, 1.165) is 6.42 Å². The van der Waals surface area contributed by atoms with Gasteiger partial charge in [-0.3, -0.25) is 0 Å². The van der Waals surface area contributed by atoms with Gasteiger partial charge in [-0.15, -0.1) is 0 Å². The van der Waals surface area contributed by atoms with Crippen molar-refractivity contribution in [1.29, 1.82) is 0 Å². The molecule has 0 fully saturated rings. The van der Waals surface area contributed by atoms with Crippen LogP contribution in [0.15, 0.2) is 83.5 Å². The lowest BCUT2D eigenvalue weighted by atomic mass is 10.1. The molecule has 0 radical (unpaired) electrons. The summed E-state index contributed by atoms with van der Waals surface area (Å²) in [5, 5.41) is 0. The summed E-state index contributed by atoms with van der Waals surface area (Å²) in [7, 11) is 0. The summed E-state index contributed by atoms with van der Waals surface area (Å²) in [6, 6.07) is 21.3. The van der Waals surface area contributed by atoms with Crippen molar-refractivity contribution >= 4 is 17.9 Å². The Labute approximate surface area is 185 Å². The van der Waals surface area contributed by atoms with Crippen LogP contribution in [0.2, 0.25) is 0 Å². The first-order valence-corrected chi connectivity index (χ1v) is 10.3. The van der Waals surface area contributed by atoms with Gasteiger partial charge in [0.05, 0.1) is 13.2 Å². The van der Waals surface area contributed by atoms with Crippen LogP contribution in [0, 0.1) is 5.82 Å². The van der Waals surface area contributed by atoms with Crippen molar-refractivity contribution in [2.45, 2.75) is 13.3 Å². The average molecular weight is 431 g/mol. The van der Waals surface area contributed by atoms with Crippen LogP contribution in [0.4, 0.5) is 4.39 Å². The van der Waals surface area contributed by atoms with E-state index in [-0.39, 0.29) is 11.6 Å². The van der Waals surface area contributed by atoms with Crippen LogP contribution in [0.25, 0.3) is 6.08 Å². The van der Waals surface area contributed by atoms with Gasteiger partial charge in [-0.1, -0.05) is 42.5 Å². The molecule has 0 atom stereocenters. The molecular weight excluding hydrogens is 409 g/mol. The first-order valence-electron chi connectivity index (χ1n) is 10.3. The van der Waals surface area contributed by atoms with Crippen LogP contribution in [0.1, 0.15) is 23.6 Å². The normalized spacial score (nSPS) is 14.2. The molecular formula is C26H22FNO4. The minimum atomic E-state index is -0.592. The number of carbonyl (C=O) groups is 1. The highest BCUT2D eigenvalue weighted by atomic mass is 19.1. The molecule has 0 unspecified atom stereocenters. The molecule has 4 rings (SSSR count). The lowest BCUT2D eigenvalue weighted by Gasteiger charge is -2.12. The summed E-state index contributed by atoms with van der Waals surface area (Å²) < 4.78 is 30.3. The molecule has 32 heavy (non-hydrogen) atoms. The first-order chi connectivity index (χ1) is 15.6. The van der Waals surface area contributed by atoms with E-state index in [4.69, 9.17) is 14.2 Å². The number of halogens is 1. The van der Waals surface area contributed by atoms with E-state index in [1.807, 2.05) is 31.2 Å². The molecule has 1 aliphatic heterocycles. The molecule has 0 aliphatic carbocycles. The van der Waals surface area contributed by atoms with Gasteiger partial charge in [0.25, 0.3) is 0 Å². The van der Waals surface area contributed by atoms with Crippen LogP contribution in [0.5, 0.6) is 11.5 Å². The van der Waals surface area contributed by atoms with Crippen LogP contribution in [-0.4, -0.2) is 25.1 Å². The minimum Gasteiger partial charge on any atom is -0.490 e. The summed E-state index contributed by atoms with van der Waals surface area (Å²) in [4.78, 5) is 16.5. The predicted molar refractivity (Wildman–Crippen MR) is 120 cm³/mol. The third kappa shape index (κ3) is 5.21. The quantitative estimate of drug-likeness (QED) is 0.364. The minimum absolute atomic E-state index is 0.0756. The Bertz CT molecular complexity index is 1170. The van der Waals surface area contributed by atoms with E-state index in [2.05, 4.69) is 17.1 Å². The summed E-state index contributed by atoms with van der Waals surface area (Å²) >= 11 is 0. The van der Waals surface area contributed by atoms with Gasteiger partial charge in [-0.2, -0.15) is 0 Å². The molecule has 0 spiro atoms. The Balaban J connectivity index is 1.51. The maximum atomic E-state index is 13.5. The monoisotopic (exact) mass is 431 g/mol. The van der Waals surface area contributed by atoms with E-state index in [9.17, 15) is 9.18 Å². The van der Waals surface area contributed by atoms with Crippen molar-refractivity contribution in [3.8, 4) is 11.5 Å². The Hall–Kier alpha value is -3.93. The third-order valence-corrected chi connectivity index (χ3v) is 4.75. The lowest BCUT2D eigenvalue weighted by molar-refractivity contribution is -0.129. The number of hydrogen-bond acceptors (Lipinski definition) is 5. The fourth-order valence-electron chi connectivity index (χ4n) is 3.24. The highest BCUT2D eigenvalue weighted by Gasteiger charge is 2.24. The molecule has 5 nitrogen and oxygen atoms in total. The standard InChI is InChI=1S/C26H22FNO4/c1-2-30-24-16-19(11-12-23(24)31-14-13-18-7-4-3-5-8-18)15-22-26(29)32-25(28-22)20-9-6-10-21(27)17-20/h3-12,15-17H,2,13-14H2,1H3/b22-15-. The van der Waals surface area contributed by atoms with Gasteiger partial charge < -0.3 is 14.2 Å². The van der Waals surface area contributed by atoms with Gasteiger partial charge in [0.15, 0.2) is 17.2 Å². The molecule has 0 saturated carbocycles. The van der Waals surface area contributed by atoms with Crippen molar-refractivity contribution in [2.75, 3.05) is 13.2 Å². The SMILES string of the molecule is CCOc1cc(/C=C2\N=C(c3cccc(F)c3)OC2=O)ccc1OCCc1ccccc1. The Morgan fingerprint density at radius 3 is 2.59 bits per heavy atom. The van der Waals surface area contributed by atoms with Gasteiger partial charge in [-0.25, -0.2) is 14.2 Å². The highest BCUT2D eigenvalue weighted by molar-refractivity contribution is 6.12. The van der Waals surface area contributed by atoms with E-state index < -0.39 is 11.8 Å². The Morgan fingerprint density at radius 1 is 0.969 bits per heavy atom. The van der Waals surface area contributed by atoms with Gasteiger partial charge >= 0.3 is 5.97 Å². The molecule has 0 N–H and O–H groups in total. The predicted octanol–water partition coefficient (Wildman–Crippen LogP) is 5.19. The smallest absolute Gasteiger partial charge is 0.363 e. The van der Waals surface area contributed by atoms with Crippen molar-refractivity contribution in [3.05, 3.63) is 101 Å². The molecule has 162 valence electrons. The fraction of sp³-hybridized carbons (Fsp3) is 0.154. The molecule has 1 heterocycles. The Kier molecular flexibility index (Phi) is 6.60. The molecule has 6 heteroatoms. The molecule has 3 aromatic rings. The van der Waals surface area contributed by atoms with Gasteiger partial charge in [0.2, 0.25) is 5.90 Å². The second-order valence-corrected chi connectivity index (χ2v) is 7.07. The number of rotatable bonds is 8. The van der Waals surface area contributed by atoms with Crippen molar-refractivity contribution in [3.63, 3.8) is 0 Å². The molecule has 3 aromatic carbocycles. The highest BCUT2D eigenvalue weighted by Crippen LogP contribution is 2.30. The topological polar surface area (TPSA) is 57.1 Å². The largest absolute Gasteiger partial charge is 0.490 e. The van der Waals surface area contributed by atoms with E-state index in [1.54, 1.807) is 24.3 Å². The van der Waals surface area contributed by atoms with Crippen LogP contribution in [0.3, 0.4) is 0 Å². The van der Waals surface area contributed by atoms with E-state index in [0.29, 0.717) is 35.8 Å². The second kappa shape index (κ2) is 9.92. The van der Waals surface area contributed by atoms with Gasteiger partial charge in [-0.05, 0) is 54.5 Å². The summed E-state index contributed by atoms with van der Waals surface area (Å²) in [5.74, 6) is 0.262. The molecule has 0 bridgehead atoms. The van der Waals surface area contributed by atoms with E-state index >= 15 is 0 Å². The van der Waals surface area contributed by atoms with Crippen LogP contribution in [-0.2, 0) is 16.0 Å². The van der Waals surface area contributed by atoms with Crippen molar-refractivity contribution < 1.29 is 23.4 Å². The maximum absolute atomic E-state index is 13.5. The summed E-state index contributed by atoms with van der Waals surface area (Å²) in [6.07, 6.45) is 2.38. The van der Waals surface area contributed by atoms with Crippen LogP contribution >= 0.6 is 0 Å². The van der Waals surface area contributed by atoms with E-state index in [1.165, 1.54) is 23.8 Å². The van der Waals surface area contributed by atoms with Crippen LogP contribution < -0.4 is 9.47 Å². The zero-order chi connectivity index (χ0) is 22.3. The Morgan fingerprint density at radius 2 is 1.81 bits per heavy atom. The fourth-order valence-corrected chi connectivity index (χ4v) is 3.24. The summed E-state index contributed by atoms with van der Waals surface area (Å²) in [6.45, 7) is 2.87. The number of hydrogen-bond donors (Lipinski definition) is 0. The lowest BCUT2D eigenvalue weighted by Crippen LogP contribution is -2.05. The number of nitrogens with zero attached hydrogens (tertiary/aromatic N) is 1. The van der Waals surface area contributed by atoms with Gasteiger partial charge in [0.1, 0.15) is 5.82 Å². The summed E-state index contributed by atoms with van der Waals surface area (Å²) in [5.41, 5.74) is 2.43.